The van der Waals surface area contributed by atoms with Crippen LogP contribution in [0.4, 0.5) is 0 Å². The van der Waals surface area contributed by atoms with Gasteiger partial charge in [0.05, 0.1) is 13.2 Å². The summed E-state index contributed by atoms with van der Waals surface area (Å²) in [5.74, 6) is 0.882. The van der Waals surface area contributed by atoms with Crippen LogP contribution in [0.1, 0.15) is 24.9 Å². The van der Waals surface area contributed by atoms with Crippen LogP contribution in [-0.4, -0.2) is 31.5 Å². The monoisotopic (exact) mass is 272 g/mol. The summed E-state index contributed by atoms with van der Waals surface area (Å²) in [4.78, 5) is 13.4. The van der Waals surface area contributed by atoms with Gasteiger partial charge in [-0.3, -0.25) is 4.79 Å². The van der Waals surface area contributed by atoms with Gasteiger partial charge in [0.2, 0.25) is 5.91 Å². The molecule has 0 saturated heterocycles. The SMILES string of the molecule is COc1ccc(C(C)N(C)C(=O)CCN)cc1.Cl. The van der Waals surface area contributed by atoms with Crippen molar-refractivity contribution in [2.75, 3.05) is 20.7 Å². The number of halogens is 1. The summed E-state index contributed by atoms with van der Waals surface area (Å²) >= 11 is 0. The lowest BCUT2D eigenvalue weighted by Gasteiger charge is -2.25. The third kappa shape index (κ3) is 4.20. The van der Waals surface area contributed by atoms with E-state index in [1.54, 1.807) is 19.1 Å². The molecule has 0 heterocycles. The molecule has 1 unspecified atom stereocenters. The number of nitrogens with zero attached hydrogens (tertiary/aromatic N) is 1. The molecular weight excluding hydrogens is 252 g/mol. The van der Waals surface area contributed by atoms with Gasteiger partial charge in [0.25, 0.3) is 0 Å². The number of hydrogen-bond acceptors (Lipinski definition) is 3. The predicted molar refractivity (Wildman–Crippen MR) is 75.1 cm³/mol. The van der Waals surface area contributed by atoms with Gasteiger partial charge in [0.1, 0.15) is 5.75 Å². The third-order valence-corrected chi connectivity index (χ3v) is 2.93. The van der Waals surface area contributed by atoms with E-state index in [9.17, 15) is 4.79 Å². The minimum Gasteiger partial charge on any atom is -0.497 e. The molecule has 1 amide bonds. The van der Waals surface area contributed by atoms with E-state index in [0.29, 0.717) is 13.0 Å². The minimum atomic E-state index is 0. The molecule has 18 heavy (non-hydrogen) atoms. The van der Waals surface area contributed by atoms with E-state index in [1.165, 1.54) is 0 Å². The highest BCUT2D eigenvalue weighted by Crippen LogP contribution is 2.21. The second kappa shape index (κ2) is 7.95. The van der Waals surface area contributed by atoms with Crippen molar-refractivity contribution in [2.24, 2.45) is 5.73 Å². The van der Waals surface area contributed by atoms with Crippen LogP contribution in [0.2, 0.25) is 0 Å². The summed E-state index contributed by atoms with van der Waals surface area (Å²) < 4.78 is 5.10. The average molecular weight is 273 g/mol. The van der Waals surface area contributed by atoms with Crippen LogP contribution in [0, 0.1) is 0 Å². The fourth-order valence-electron chi connectivity index (χ4n) is 1.62. The highest BCUT2D eigenvalue weighted by atomic mass is 35.5. The van der Waals surface area contributed by atoms with Crippen LogP contribution in [0.15, 0.2) is 24.3 Å². The maximum absolute atomic E-state index is 11.7. The molecule has 0 saturated carbocycles. The molecule has 0 aromatic heterocycles. The molecular formula is C13H21ClN2O2. The molecule has 5 heteroatoms. The first kappa shape index (κ1) is 16.7. The standard InChI is InChI=1S/C13H20N2O2.ClH/c1-10(15(2)13(16)8-9-14)11-4-6-12(17-3)7-5-11;/h4-7,10H,8-9,14H2,1-3H3;1H. The van der Waals surface area contributed by atoms with E-state index in [-0.39, 0.29) is 24.4 Å². The number of amides is 1. The summed E-state index contributed by atoms with van der Waals surface area (Å²) in [5.41, 5.74) is 6.46. The molecule has 0 aliphatic rings. The maximum atomic E-state index is 11.7. The molecule has 4 nitrogen and oxygen atoms in total. The Labute approximate surface area is 115 Å². The third-order valence-electron chi connectivity index (χ3n) is 2.93. The smallest absolute Gasteiger partial charge is 0.224 e. The Hall–Kier alpha value is -1.26. The fraction of sp³-hybridized carbons (Fsp3) is 0.462. The lowest BCUT2D eigenvalue weighted by Crippen LogP contribution is -2.31. The Morgan fingerprint density at radius 2 is 1.94 bits per heavy atom. The van der Waals surface area contributed by atoms with Crippen LogP contribution in [0.5, 0.6) is 5.75 Å². The van der Waals surface area contributed by atoms with E-state index in [0.717, 1.165) is 11.3 Å². The molecule has 1 rings (SSSR count). The van der Waals surface area contributed by atoms with Gasteiger partial charge < -0.3 is 15.4 Å². The van der Waals surface area contributed by atoms with Gasteiger partial charge in [0.15, 0.2) is 0 Å². The predicted octanol–water partition coefficient (Wildman–Crippen LogP) is 1.99. The summed E-state index contributed by atoms with van der Waals surface area (Å²) in [7, 11) is 3.43. The molecule has 0 radical (unpaired) electrons. The average Bonchev–Trinajstić information content (AvgIpc) is 2.37. The molecule has 1 aromatic carbocycles. The normalized spacial score (nSPS) is 11.3. The second-order valence-corrected chi connectivity index (χ2v) is 3.99. The largest absolute Gasteiger partial charge is 0.497 e. The first-order chi connectivity index (χ1) is 8.10. The van der Waals surface area contributed by atoms with E-state index in [1.807, 2.05) is 31.2 Å². The van der Waals surface area contributed by atoms with Crippen molar-refractivity contribution in [3.63, 3.8) is 0 Å². The van der Waals surface area contributed by atoms with Crippen LogP contribution < -0.4 is 10.5 Å². The van der Waals surface area contributed by atoms with Crippen molar-refractivity contribution >= 4 is 18.3 Å². The van der Waals surface area contributed by atoms with Crippen molar-refractivity contribution in [1.29, 1.82) is 0 Å². The summed E-state index contributed by atoms with van der Waals surface area (Å²) in [6.07, 6.45) is 0.386. The highest BCUT2D eigenvalue weighted by Gasteiger charge is 2.16. The Kier molecular flexibility index (Phi) is 7.39. The zero-order valence-corrected chi connectivity index (χ0v) is 11.9. The number of ether oxygens (including phenoxy) is 1. The number of benzene rings is 1. The highest BCUT2D eigenvalue weighted by molar-refractivity contribution is 5.85. The molecule has 0 aliphatic carbocycles. The summed E-state index contributed by atoms with van der Waals surface area (Å²) in [6.45, 7) is 2.38. The number of rotatable bonds is 5. The van der Waals surface area contributed by atoms with Gasteiger partial charge in [-0.25, -0.2) is 0 Å². The Balaban J connectivity index is 0.00000289. The molecule has 0 bridgehead atoms. The van der Waals surface area contributed by atoms with Crippen molar-refractivity contribution in [2.45, 2.75) is 19.4 Å². The van der Waals surface area contributed by atoms with E-state index in [2.05, 4.69) is 0 Å². The Morgan fingerprint density at radius 3 is 2.39 bits per heavy atom. The molecule has 2 N–H and O–H groups in total. The topological polar surface area (TPSA) is 55.6 Å². The van der Waals surface area contributed by atoms with E-state index < -0.39 is 0 Å². The second-order valence-electron chi connectivity index (χ2n) is 3.99. The molecule has 1 aromatic rings. The first-order valence-electron chi connectivity index (χ1n) is 5.69. The van der Waals surface area contributed by atoms with Gasteiger partial charge >= 0.3 is 0 Å². The Bertz CT molecular complexity index is 368. The van der Waals surface area contributed by atoms with Gasteiger partial charge in [-0.1, -0.05) is 12.1 Å². The van der Waals surface area contributed by atoms with Gasteiger partial charge in [-0.05, 0) is 24.6 Å². The molecule has 102 valence electrons. The number of methoxy groups -OCH3 is 1. The van der Waals surface area contributed by atoms with E-state index >= 15 is 0 Å². The van der Waals surface area contributed by atoms with E-state index in [4.69, 9.17) is 10.5 Å². The maximum Gasteiger partial charge on any atom is 0.224 e. The zero-order valence-electron chi connectivity index (χ0n) is 11.1. The van der Waals surface area contributed by atoms with Crippen LogP contribution in [0.3, 0.4) is 0 Å². The van der Waals surface area contributed by atoms with Gasteiger partial charge in [-0.2, -0.15) is 0 Å². The van der Waals surface area contributed by atoms with Crippen LogP contribution >= 0.6 is 12.4 Å². The van der Waals surface area contributed by atoms with Crippen LogP contribution in [0.25, 0.3) is 0 Å². The summed E-state index contributed by atoms with van der Waals surface area (Å²) in [5, 5.41) is 0. The Morgan fingerprint density at radius 1 is 1.39 bits per heavy atom. The van der Waals surface area contributed by atoms with Crippen LogP contribution in [-0.2, 0) is 4.79 Å². The lowest BCUT2D eigenvalue weighted by molar-refractivity contribution is -0.131. The zero-order chi connectivity index (χ0) is 12.8. The number of nitrogens with two attached hydrogens (primary N) is 1. The molecule has 0 aliphatic heterocycles. The summed E-state index contributed by atoms with van der Waals surface area (Å²) in [6, 6.07) is 7.77. The minimum absolute atomic E-state index is 0. The first-order valence-corrected chi connectivity index (χ1v) is 5.69. The van der Waals surface area contributed by atoms with Crippen molar-refractivity contribution < 1.29 is 9.53 Å². The molecule has 0 spiro atoms. The lowest BCUT2D eigenvalue weighted by atomic mass is 10.1. The molecule has 1 atom stereocenters. The van der Waals surface area contributed by atoms with Crippen molar-refractivity contribution in [3.8, 4) is 5.75 Å². The quantitative estimate of drug-likeness (QED) is 0.892. The molecule has 0 fully saturated rings. The van der Waals surface area contributed by atoms with Crippen molar-refractivity contribution in [3.05, 3.63) is 29.8 Å². The number of hydrogen-bond donors (Lipinski definition) is 1. The number of carbonyl (C=O) groups excluding carboxylic acids is 1. The van der Waals surface area contributed by atoms with Gasteiger partial charge in [0, 0.05) is 20.0 Å². The number of carbonyl (C=O) groups is 1. The van der Waals surface area contributed by atoms with Crippen molar-refractivity contribution in [1.82, 2.24) is 4.90 Å². The fourth-order valence-corrected chi connectivity index (χ4v) is 1.62. The van der Waals surface area contributed by atoms with Gasteiger partial charge in [-0.15, -0.1) is 12.4 Å².